The summed E-state index contributed by atoms with van der Waals surface area (Å²) in [7, 11) is 0. The van der Waals surface area contributed by atoms with E-state index in [4.69, 9.17) is 0 Å². The fourth-order valence-electron chi connectivity index (χ4n) is 1.86. The van der Waals surface area contributed by atoms with E-state index in [2.05, 4.69) is 17.2 Å². The molecular weight excluding hydrogens is 266 g/mol. The van der Waals surface area contributed by atoms with Crippen molar-refractivity contribution in [1.82, 2.24) is 10.3 Å². The lowest BCUT2D eigenvalue weighted by atomic mass is 10.1. The molecular formula is C14H16F2N2S. The summed E-state index contributed by atoms with van der Waals surface area (Å²) < 4.78 is 26.3. The highest BCUT2D eigenvalue weighted by Crippen LogP contribution is 2.19. The average Bonchev–Trinajstić information content (AvgIpc) is 2.88. The molecule has 0 aliphatic rings. The first kappa shape index (κ1) is 14.1. The SMILES string of the molecule is CC(CNC(C)c1cc(F)cc(F)c1)c1nccs1. The summed E-state index contributed by atoms with van der Waals surface area (Å²) >= 11 is 1.61. The Labute approximate surface area is 115 Å². The number of benzene rings is 1. The molecule has 2 atom stereocenters. The van der Waals surface area contributed by atoms with E-state index in [0.29, 0.717) is 12.1 Å². The van der Waals surface area contributed by atoms with E-state index in [0.717, 1.165) is 11.1 Å². The second-order valence-corrected chi connectivity index (χ2v) is 5.53. The Bertz CT molecular complexity index is 508. The number of hydrogen-bond acceptors (Lipinski definition) is 3. The van der Waals surface area contributed by atoms with Crippen molar-refractivity contribution < 1.29 is 8.78 Å². The second-order valence-electron chi connectivity index (χ2n) is 4.60. The molecule has 102 valence electrons. The van der Waals surface area contributed by atoms with Crippen LogP contribution in [0.4, 0.5) is 8.78 Å². The van der Waals surface area contributed by atoms with Gasteiger partial charge in [0.2, 0.25) is 0 Å². The minimum atomic E-state index is -0.545. The molecule has 1 heterocycles. The molecule has 2 aromatic rings. The maximum absolute atomic E-state index is 13.1. The summed E-state index contributed by atoms with van der Waals surface area (Å²) in [5.41, 5.74) is 0.615. The van der Waals surface area contributed by atoms with Crippen molar-refractivity contribution in [3.05, 3.63) is 52.0 Å². The largest absolute Gasteiger partial charge is 0.310 e. The lowest BCUT2D eigenvalue weighted by molar-refractivity contribution is 0.523. The van der Waals surface area contributed by atoms with Crippen LogP contribution in [0.25, 0.3) is 0 Å². The molecule has 0 aliphatic heterocycles. The summed E-state index contributed by atoms with van der Waals surface area (Å²) in [6, 6.07) is 3.49. The van der Waals surface area contributed by atoms with Gasteiger partial charge in [-0.05, 0) is 24.6 Å². The van der Waals surface area contributed by atoms with Crippen LogP contribution in [0.5, 0.6) is 0 Å². The van der Waals surface area contributed by atoms with Crippen LogP contribution in [0.3, 0.4) is 0 Å². The molecule has 0 aliphatic carbocycles. The van der Waals surface area contributed by atoms with Crippen LogP contribution >= 0.6 is 11.3 Å². The smallest absolute Gasteiger partial charge is 0.126 e. The van der Waals surface area contributed by atoms with Crippen molar-refractivity contribution in [2.24, 2.45) is 0 Å². The van der Waals surface area contributed by atoms with E-state index in [1.807, 2.05) is 12.3 Å². The van der Waals surface area contributed by atoms with Crippen molar-refractivity contribution in [2.75, 3.05) is 6.54 Å². The van der Waals surface area contributed by atoms with Crippen molar-refractivity contribution in [2.45, 2.75) is 25.8 Å². The molecule has 19 heavy (non-hydrogen) atoms. The third kappa shape index (κ3) is 3.81. The zero-order valence-corrected chi connectivity index (χ0v) is 11.7. The summed E-state index contributed by atoms with van der Waals surface area (Å²) in [6.07, 6.45) is 1.78. The van der Waals surface area contributed by atoms with E-state index in [1.54, 1.807) is 17.5 Å². The van der Waals surface area contributed by atoms with Crippen molar-refractivity contribution >= 4 is 11.3 Å². The molecule has 2 unspecified atom stereocenters. The van der Waals surface area contributed by atoms with Crippen LogP contribution in [-0.2, 0) is 0 Å². The van der Waals surface area contributed by atoms with Gasteiger partial charge in [-0.3, -0.25) is 0 Å². The highest BCUT2D eigenvalue weighted by atomic mass is 32.1. The van der Waals surface area contributed by atoms with Gasteiger partial charge in [-0.15, -0.1) is 11.3 Å². The predicted molar refractivity (Wildman–Crippen MR) is 73.3 cm³/mol. The first-order chi connectivity index (χ1) is 9.06. The van der Waals surface area contributed by atoms with Gasteiger partial charge in [-0.25, -0.2) is 13.8 Å². The highest BCUT2D eigenvalue weighted by molar-refractivity contribution is 7.09. The van der Waals surface area contributed by atoms with Gasteiger partial charge in [-0.1, -0.05) is 6.92 Å². The van der Waals surface area contributed by atoms with E-state index in [-0.39, 0.29) is 12.0 Å². The Balaban J connectivity index is 1.95. The van der Waals surface area contributed by atoms with Crippen LogP contribution < -0.4 is 5.32 Å². The molecule has 5 heteroatoms. The van der Waals surface area contributed by atoms with Crippen LogP contribution in [0, 0.1) is 11.6 Å². The van der Waals surface area contributed by atoms with Gasteiger partial charge < -0.3 is 5.32 Å². The highest BCUT2D eigenvalue weighted by Gasteiger charge is 2.12. The topological polar surface area (TPSA) is 24.9 Å². The molecule has 0 radical (unpaired) electrons. The van der Waals surface area contributed by atoms with E-state index < -0.39 is 11.6 Å². The van der Waals surface area contributed by atoms with Crippen LogP contribution in [0.2, 0.25) is 0 Å². The number of nitrogens with one attached hydrogen (secondary N) is 1. The molecule has 1 aromatic carbocycles. The summed E-state index contributed by atoms with van der Waals surface area (Å²) in [5, 5.41) is 6.28. The zero-order chi connectivity index (χ0) is 13.8. The molecule has 0 saturated carbocycles. The van der Waals surface area contributed by atoms with Gasteiger partial charge in [0.05, 0.1) is 5.01 Å². The van der Waals surface area contributed by atoms with Crippen LogP contribution in [0.1, 0.15) is 36.4 Å². The summed E-state index contributed by atoms with van der Waals surface area (Å²) in [4.78, 5) is 4.25. The van der Waals surface area contributed by atoms with Gasteiger partial charge in [0.1, 0.15) is 11.6 Å². The Morgan fingerprint density at radius 1 is 1.21 bits per heavy atom. The van der Waals surface area contributed by atoms with E-state index in [1.165, 1.54) is 12.1 Å². The van der Waals surface area contributed by atoms with E-state index in [9.17, 15) is 8.78 Å². The summed E-state index contributed by atoms with van der Waals surface area (Å²) in [6.45, 7) is 4.68. The minimum absolute atomic E-state index is 0.104. The van der Waals surface area contributed by atoms with Crippen molar-refractivity contribution in [3.8, 4) is 0 Å². The fraction of sp³-hybridized carbons (Fsp3) is 0.357. The third-order valence-corrected chi connectivity index (χ3v) is 4.00. The Kier molecular flexibility index (Phi) is 4.61. The van der Waals surface area contributed by atoms with Gasteiger partial charge in [0, 0.05) is 36.1 Å². The molecule has 0 amide bonds. The maximum atomic E-state index is 13.1. The fourth-order valence-corrected chi connectivity index (χ4v) is 2.56. The number of aromatic nitrogens is 1. The first-order valence-electron chi connectivity index (χ1n) is 6.15. The number of hydrogen-bond donors (Lipinski definition) is 1. The minimum Gasteiger partial charge on any atom is -0.310 e. The second kappa shape index (κ2) is 6.21. The molecule has 0 bridgehead atoms. The van der Waals surface area contributed by atoms with Gasteiger partial charge in [0.15, 0.2) is 0 Å². The van der Waals surface area contributed by atoms with Gasteiger partial charge in [0.25, 0.3) is 0 Å². The number of thiazole rings is 1. The Morgan fingerprint density at radius 3 is 2.47 bits per heavy atom. The Hall–Kier alpha value is -1.33. The standard InChI is InChI=1S/C14H16F2N2S/c1-9(14-17-3-4-19-14)8-18-10(2)11-5-12(15)7-13(16)6-11/h3-7,9-10,18H,8H2,1-2H3. The van der Waals surface area contributed by atoms with Crippen LogP contribution in [0.15, 0.2) is 29.8 Å². The van der Waals surface area contributed by atoms with E-state index >= 15 is 0 Å². The molecule has 1 aromatic heterocycles. The predicted octanol–water partition coefficient (Wildman–Crippen LogP) is 3.88. The normalized spacial score (nSPS) is 14.3. The van der Waals surface area contributed by atoms with Gasteiger partial charge >= 0.3 is 0 Å². The lowest BCUT2D eigenvalue weighted by Gasteiger charge is -2.17. The number of nitrogens with zero attached hydrogens (tertiary/aromatic N) is 1. The average molecular weight is 282 g/mol. The molecule has 0 fully saturated rings. The molecule has 1 N–H and O–H groups in total. The summed E-state index contributed by atoms with van der Waals surface area (Å²) in [5.74, 6) is -0.811. The van der Waals surface area contributed by atoms with Crippen LogP contribution in [-0.4, -0.2) is 11.5 Å². The number of rotatable bonds is 5. The molecule has 2 nitrogen and oxygen atoms in total. The monoisotopic (exact) mass is 282 g/mol. The first-order valence-corrected chi connectivity index (χ1v) is 7.03. The zero-order valence-electron chi connectivity index (χ0n) is 10.9. The van der Waals surface area contributed by atoms with Crippen molar-refractivity contribution in [3.63, 3.8) is 0 Å². The Morgan fingerprint density at radius 2 is 1.89 bits per heavy atom. The number of halogens is 2. The molecule has 0 spiro atoms. The van der Waals surface area contributed by atoms with Gasteiger partial charge in [-0.2, -0.15) is 0 Å². The molecule has 0 saturated heterocycles. The molecule has 2 rings (SSSR count). The van der Waals surface area contributed by atoms with Crippen molar-refractivity contribution in [1.29, 1.82) is 0 Å². The quantitative estimate of drug-likeness (QED) is 0.900. The maximum Gasteiger partial charge on any atom is 0.126 e. The lowest BCUT2D eigenvalue weighted by Crippen LogP contribution is -2.23. The third-order valence-electron chi connectivity index (χ3n) is 2.99.